The Labute approximate surface area is 194 Å². The molecular formula is C22H25F2N7O3. The third kappa shape index (κ3) is 5.46. The molecule has 3 N–H and O–H groups in total. The summed E-state index contributed by atoms with van der Waals surface area (Å²) in [5, 5.41) is 0.989. The minimum atomic E-state index is -2.60. The lowest BCUT2D eigenvalue weighted by Gasteiger charge is -2.34. The molecule has 3 heterocycles. The molecular weight excluding hydrogens is 448 g/mol. The maximum Gasteiger partial charge on any atom is 0.266 e. The van der Waals surface area contributed by atoms with E-state index in [-0.39, 0.29) is 18.0 Å². The molecule has 2 amide bonds. The molecule has 4 rings (SSSR count). The third-order valence-electron chi connectivity index (χ3n) is 5.64. The highest BCUT2D eigenvalue weighted by Gasteiger charge is 2.22. The van der Waals surface area contributed by atoms with E-state index in [1.54, 1.807) is 17.0 Å². The second kappa shape index (κ2) is 10.5. The number of primary amides is 1. The fourth-order valence-electron chi connectivity index (χ4n) is 3.74. The number of hydrogen-bond donors (Lipinski definition) is 2. The Morgan fingerprint density at radius 1 is 1.12 bits per heavy atom. The van der Waals surface area contributed by atoms with E-state index >= 15 is 0 Å². The number of anilines is 1. The molecule has 0 atom stereocenters. The van der Waals surface area contributed by atoms with Crippen molar-refractivity contribution in [2.45, 2.75) is 13.0 Å². The van der Waals surface area contributed by atoms with Crippen LogP contribution < -0.4 is 16.1 Å². The van der Waals surface area contributed by atoms with Crippen LogP contribution in [-0.2, 0) is 16.2 Å². The van der Waals surface area contributed by atoms with Crippen molar-refractivity contribution in [3.63, 3.8) is 0 Å². The molecule has 1 aliphatic heterocycles. The van der Waals surface area contributed by atoms with E-state index < -0.39 is 12.3 Å². The molecule has 3 aromatic rings. The van der Waals surface area contributed by atoms with Crippen LogP contribution in [-0.4, -0.2) is 70.6 Å². The highest BCUT2D eigenvalue weighted by Crippen LogP contribution is 2.19. The van der Waals surface area contributed by atoms with Gasteiger partial charge in [-0.05, 0) is 23.6 Å². The van der Waals surface area contributed by atoms with Crippen molar-refractivity contribution < 1.29 is 23.2 Å². The van der Waals surface area contributed by atoms with Gasteiger partial charge in [-0.15, -0.1) is 0 Å². The van der Waals surface area contributed by atoms with Crippen LogP contribution in [0.3, 0.4) is 0 Å². The topological polar surface area (TPSA) is 119 Å². The van der Waals surface area contributed by atoms with Crippen molar-refractivity contribution in [1.29, 1.82) is 0 Å². The number of halogens is 2. The molecule has 34 heavy (non-hydrogen) atoms. The predicted molar refractivity (Wildman–Crippen MR) is 120 cm³/mol. The van der Waals surface area contributed by atoms with Crippen molar-refractivity contribution in [2.75, 3.05) is 44.2 Å². The van der Waals surface area contributed by atoms with Gasteiger partial charge >= 0.3 is 0 Å². The standard InChI is InChI=1S/C22H25F2N7O3/c23-20(24)17-12-26-22(27-13-17)31-7-5-30(6-8-31)19(32)14-28-34-10-9-29-4-3-15-1-2-16(21(25)33)11-18(15)29/h1-4,11-13,20,28H,5-10,14H2,(H2,25,33). The number of alkyl halides is 2. The van der Waals surface area contributed by atoms with Crippen LogP contribution in [0.5, 0.6) is 0 Å². The number of aromatic nitrogens is 3. The van der Waals surface area contributed by atoms with Gasteiger partial charge in [-0.2, -0.15) is 5.48 Å². The number of nitrogens with zero attached hydrogens (tertiary/aromatic N) is 5. The second-order valence-corrected chi connectivity index (χ2v) is 7.80. The van der Waals surface area contributed by atoms with Gasteiger partial charge in [-0.25, -0.2) is 18.7 Å². The lowest BCUT2D eigenvalue weighted by molar-refractivity contribution is -0.133. The van der Waals surface area contributed by atoms with Crippen molar-refractivity contribution in [3.05, 3.63) is 54.0 Å². The Balaban J connectivity index is 1.18. The van der Waals surface area contributed by atoms with Gasteiger partial charge in [0.2, 0.25) is 17.8 Å². The van der Waals surface area contributed by atoms with Crippen molar-refractivity contribution >= 4 is 28.7 Å². The molecule has 0 radical (unpaired) electrons. The van der Waals surface area contributed by atoms with Crippen LogP contribution >= 0.6 is 0 Å². The largest absolute Gasteiger partial charge is 0.366 e. The van der Waals surface area contributed by atoms with Crippen LogP contribution in [0, 0.1) is 0 Å². The molecule has 0 saturated carbocycles. The van der Waals surface area contributed by atoms with E-state index in [0.717, 1.165) is 23.3 Å². The Bertz CT molecular complexity index is 1150. The summed E-state index contributed by atoms with van der Waals surface area (Å²) in [5.74, 6) is -0.214. The average Bonchev–Trinajstić information content (AvgIpc) is 3.26. The molecule has 1 fully saturated rings. The number of carbonyl (C=O) groups is 2. The minimum absolute atomic E-state index is 0.0256. The summed E-state index contributed by atoms with van der Waals surface area (Å²) in [6.07, 6.45) is 1.54. The van der Waals surface area contributed by atoms with Crippen LogP contribution in [0.25, 0.3) is 10.9 Å². The quantitative estimate of drug-likeness (QED) is 0.356. The number of nitrogens with two attached hydrogens (primary N) is 1. The lowest BCUT2D eigenvalue weighted by atomic mass is 10.1. The molecule has 0 spiro atoms. The van der Waals surface area contributed by atoms with Crippen LogP contribution in [0.15, 0.2) is 42.9 Å². The van der Waals surface area contributed by atoms with Crippen molar-refractivity contribution in [3.8, 4) is 0 Å². The Morgan fingerprint density at radius 3 is 2.53 bits per heavy atom. The Hall–Kier alpha value is -3.64. The molecule has 1 aliphatic rings. The number of piperazine rings is 1. The molecule has 10 nitrogen and oxygen atoms in total. The maximum absolute atomic E-state index is 12.6. The van der Waals surface area contributed by atoms with Gasteiger partial charge < -0.3 is 20.1 Å². The zero-order valence-corrected chi connectivity index (χ0v) is 18.4. The maximum atomic E-state index is 12.6. The molecule has 0 unspecified atom stereocenters. The number of amides is 2. The number of hydrogen-bond acceptors (Lipinski definition) is 7. The summed E-state index contributed by atoms with van der Waals surface area (Å²) in [5.41, 5.74) is 9.14. The van der Waals surface area contributed by atoms with Gasteiger partial charge in [0, 0.05) is 62.4 Å². The zero-order valence-electron chi connectivity index (χ0n) is 18.4. The van der Waals surface area contributed by atoms with Gasteiger partial charge in [0.25, 0.3) is 6.43 Å². The first-order valence-corrected chi connectivity index (χ1v) is 10.8. The Morgan fingerprint density at radius 2 is 1.85 bits per heavy atom. The number of nitrogens with one attached hydrogen (secondary N) is 1. The fourth-order valence-corrected chi connectivity index (χ4v) is 3.74. The number of fused-ring (bicyclic) bond motifs is 1. The van der Waals surface area contributed by atoms with Crippen LogP contribution in [0.2, 0.25) is 0 Å². The smallest absolute Gasteiger partial charge is 0.266 e. The highest BCUT2D eigenvalue weighted by molar-refractivity contribution is 5.97. The molecule has 1 saturated heterocycles. The lowest BCUT2D eigenvalue weighted by Crippen LogP contribution is -2.51. The minimum Gasteiger partial charge on any atom is -0.366 e. The summed E-state index contributed by atoms with van der Waals surface area (Å²) in [4.78, 5) is 40.8. The van der Waals surface area contributed by atoms with E-state index in [9.17, 15) is 18.4 Å². The van der Waals surface area contributed by atoms with Gasteiger partial charge in [0.05, 0.1) is 12.2 Å². The summed E-state index contributed by atoms with van der Waals surface area (Å²) >= 11 is 0. The first-order valence-electron chi connectivity index (χ1n) is 10.8. The number of hydroxylamine groups is 1. The van der Waals surface area contributed by atoms with E-state index in [0.29, 0.717) is 50.8 Å². The zero-order chi connectivity index (χ0) is 24.1. The number of benzene rings is 1. The second-order valence-electron chi connectivity index (χ2n) is 7.80. The normalized spacial score (nSPS) is 14.2. The number of rotatable bonds is 9. The van der Waals surface area contributed by atoms with Crippen LogP contribution in [0.1, 0.15) is 22.3 Å². The monoisotopic (exact) mass is 473 g/mol. The highest BCUT2D eigenvalue weighted by atomic mass is 19.3. The van der Waals surface area contributed by atoms with E-state index in [4.69, 9.17) is 10.6 Å². The van der Waals surface area contributed by atoms with Crippen molar-refractivity contribution in [1.82, 2.24) is 24.9 Å². The summed E-state index contributed by atoms with van der Waals surface area (Å²) in [7, 11) is 0. The molecule has 2 aromatic heterocycles. The molecule has 180 valence electrons. The average molecular weight is 473 g/mol. The Kier molecular flexibility index (Phi) is 7.28. The van der Waals surface area contributed by atoms with Crippen molar-refractivity contribution in [2.24, 2.45) is 5.73 Å². The third-order valence-corrected chi connectivity index (χ3v) is 5.64. The first kappa shape index (κ1) is 23.5. The summed E-state index contributed by atoms with van der Waals surface area (Å²) in [6.45, 7) is 2.82. The summed E-state index contributed by atoms with van der Waals surface area (Å²) < 4.78 is 27.2. The fraction of sp³-hybridized carbons (Fsp3) is 0.364. The molecule has 0 bridgehead atoms. The molecule has 12 heteroatoms. The van der Waals surface area contributed by atoms with Gasteiger partial charge in [-0.3, -0.25) is 14.4 Å². The summed E-state index contributed by atoms with van der Waals surface area (Å²) in [6, 6.07) is 7.21. The van der Waals surface area contributed by atoms with E-state index in [1.165, 1.54) is 0 Å². The van der Waals surface area contributed by atoms with Gasteiger partial charge in [0.15, 0.2) is 0 Å². The van der Waals surface area contributed by atoms with Gasteiger partial charge in [-0.1, -0.05) is 6.07 Å². The van der Waals surface area contributed by atoms with E-state index in [2.05, 4.69) is 15.4 Å². The predicted octanol–water partition coefficient (Wildman–Crippen LogP) is 1.34. The SMILES string of the molecule is NC(=O)c1ccc2ccn(CCONCC(=O)N3CCN(c4ncc(C(F)F)cn4)CC3)c2c1. The first-order chi connectivity index (χ1) is 16.4. The van der Waals surface area contributed by atoms with Gasteiger partial charge in [0.1, 0.15) is 6.54 Å². The van der Waals surface area contributed by atoms with Crippen LogP contribution in [0.4, 0.5) is 14.7 Å². The molecule has 1 aromatic carbocycles. The van der Waals surface area contributed by atoms with E-state index in [1.807, 2.05) is 27.8 Å². The molecule has 0 aliphatic carbocycles. The number of carbonyl (C=O) groups excluding carboxylic acids is 2.